The molecule has 6 rings (SSSR count). The minimum atomic E-state index is 0.180. The highest BCUT2D eigenvalue weighted by molar-refractivity contribution is 5.76. The number of likely N-dealkylation sites (tertiary alicyclic amines) is 1. The first-order valence-electron chi connectivity index (χ1n) is 9.88. The van der Waals surface area contributed by atoms with E-state index in [9.17, 15) is 9.90 Å². The van der Waals surface area contributed by atoms with Gasteiger partial charge >= 0.3 is 6.03 Å². The van der Waals surface area contributed by atoms with E-state index in [-0.39, 0.29) is 11.9 Å². The molecule has 5 aliphatic rings. The molecule has 6 nitrogen and oxygen atoms in total. The first kappa shape index (κ1) is 16.4. The molecule has 5 heterocycles. The maximum absolute atomic E-state index is 13.3. The van der Waals surface area contributed by atoms with Crippen molar-refractivity contribution in [3.63, 3.8) is 0 Å². The summed E-state index contributed by atoms with van der Waals surface area (Å²) in [7, 11) is 0. The number of hydrogen-bond donors (Lipinski definition) is 1. The highest BCUT2D eigenvalue weighted by Gasteiger charge is 2.55. The van der Waals surface area contributed by atoms with Crippen molar-refractivity contribution in [1.82, 2.24) is 14.7 Å². The molecule has 1 aromatic rings. The lowest BCUT2D eigenvalue weighted by atomic mass is 9.75. The van der Waals surface area contributed by atoms with Crippen molar-refractivity contribution in [3.8, 4) is 5.75 Å². The van der Waals surface area contributed by atoms with Crippen LogP contribution in [0, 0.1) is 5.92 Å². The second-order valence-corrected chi connectivity index (χ2v) is 8.09. The van der Waals surface area contributed by atoms with Gasteiger partial charge in [-0.15, -0.1) is 0 Å². The number of nitrogens with zero attached hydrogens (tertiary/aromatic N) is 3. The molecule has 5 aliphatic heterocycles. The smallest absolute Gasteiger partial charge is 0.320 e. The molecule has 26 heavy (non-hydrogen) atoms. The van der Waals surface area contributed by atoms with Crippen molar-refractivity contribution in [3.05, 3.63) is 29.8 Å². The summed E-state index contributed by atoms with van der Waals surface area (Å²) in [5.41, 5.74) is 1.16. The Bertz CT molecular complexity index is 683. The number of aromatic hydroxyl groups is 1. The molecule has 0 radical (unpaired) electrons. The minimum absolute atomic E-state index is 0.180. The number of phenols is 1. The van der Waals surface area contributed by atoms with Crippen LogP contribution in [0.1, 0.15) is 24.3 Å². The van der Waals surface area contributed by atoms with Gasteiger partial charge in [0.25, 0.3) is 0 Å². The summed E-state index contributed by atoms with van der Waals surface area (Å²) in [5, 5.41) is 9.96. The fraction of sp³-hybridized carbons (Fsp3) is 0.650. The zero-order chi connectivity index (χ0) is 17.7. The van der Waals surface area contributed by atoms with E-state index < -0.39 is 0 Å². The number of hydrogen-bond acceptors (Lipinski definition) is 4. The van der Waals surface area contributed by atoms with Gasteiger partial charge in [0.2, 0.25) is 0 Å². The summed E-state index contributed by atoms with van der Waals surface area (Å²) in [6.07, 6.45) is 2.39. The number of ether oxygens (including phenoxy) is 1. The SMILES string of the molecule is O=C(N1CCOCC1)N1C[C@@H](c2cccc(O)c2)[C@@H]2[C@H]1C1CCN2CC1. The van der Waals surface area contributed by atoms with Gasteiger partial charge in [0.1, 0.15) is 5.75 Å². The van der Waals surface area contributed by atoms with Gasteiger partial charge in [-0.2, -0.15) is 0 Å². The summed E-state index contributed by atoms with van der Waals surface area (Å²) in [6.45, 7) is 5.69. The molecule has 0 unspecified atom stereocenters. The molecule has 6 heteroatoms. The Morgan fingerprint density at radius 3 is 2.58 bits per heavy atom. The standard InChI is InChI=1S/C20H27N3O3/c24-16-3-1-2-15(12-16)17-13-23(20(25)22-8-10-26-11-9-22)18-14-4-6-21(7-5-14)19(17)18/h1-3,12,14,17-19,24H,4-11,13H2/t17-,18+,19+/m0/s1. The molecule has 1 N–H and O–H groups in total. The van der Waals surface area contributed by atoms with Crippen LogP contribution in [0.25, 0.3) is 0 Å². The van der Waals surface area contributed by atoms with Gasteiger partial charge < -0.3 is 19.6 Å². The maximum atomic E-state index is 13.3. The number of piperidine rings is 3. The molecule has 0 saturated carbocycles. The van der Waals surface area contributed by atoms with E-state index in [1.54, 1.807) is 6.07 Å². The van der Waals surface area contributed by atoms with Crippen LogP contribution in [0.2, 0.25) is 0 Å². The van der Waals surface area contributed by atoms with Crippen LogP contribution in [-0.2, 0) is 4.74 Å². The van der Waals surface area contributed by atoms with Crippen LogP contribution < -0.4 is 0 Å². The topological polar surface area (TPSA) is 56.3 Å². The third kappa shape index (κ3) is 2.58. The van der Waals surface area contributed by atoms with Gasteiger partial charge in [0, 0.05) is 31.6 Å². The zero-order valence-corrected chi connectivity index (χ0v) is 15.1. The summed E-state index contributed by atoms with van der Waals surface area (Å²) < 4.78 is 5.42. The average Bonchev–Trinajstić information content (AvgIpc) is 3.12. The number of amides is 2. The molecule has 2 bridgehead atoms. The molecule has 2 amide bonds. The molecule has 140 valence electrons. The van der Waals surface area contributed by atoms with Crippen molar-refractivity contribution in [2.75, 3.05) is 45.9 Å². The van der Waals surface area contributed by atoms with Crippen LogP contribution in [0.15, 0.2) is 24.3 Å². The van der Waals surface area contributed by atoms with Crippen molar-refractivity contribution in [1.29, 1.82) is 0 Å². The molecule has 1 aromatic carbocycles. The number of carbonyl (C=O) groups excluding carboxylic acids is 1. The van der Waals surface area contributed by atoms with Gasteiger partial charge in [-0.05, 0) is 49.5 Å². The third-order valence-corrected chi connectivity index (χ3v) is 6.82. The van der Waals surface area contributed by atoms with Crippen LogP contribution in [-0.4, -0.2) is 83.9 Å². The second kappa shape index (κ2) is 6.43. The normalized spacial score (nSPS) is 36.2. The van der Waals surface area contributed by atoms with E-state index in [4.69, 9.17) is 4.74 Å². The Morgan fingerprint density at radius 1 is 1.08 bits per heavy atom. The van der Waals surface area contributed by atoms with Crippen molar-refractivity contribution in [2.45, 2.75) is 30.8 Å². The van der Waals surface area contributed by atoms with E-state index in [2.05, 4.69) is 15.9 Å². The number of fused-ring (bicyclic) bond motifs is 2. The van der Waals surface area contributed by atoms with E-state index in [0.717, 1.165) is 25.2 Å². The van der Waals surface area contributed by atoms with Gasteiger partial charge in [-0.3, -0.25) is 4.90 Å². The van der Waals surface area contributed by atoms with E-state index in [0.29, 0.717) is 50.1 Å². The van der Waals surface area contributed by atoms with Crippen molar-refractivity contribution in [2.24, 2.45) is 5.92 Å². The fourth-order valence-corrected chi connectivity index (χ4v) is 5.63. The largest absolute Gasteiger partial charge is 0.508 e. The summed E-state index contributed by atoms with van der Waals surface area (Å²) in [5.74, 6) is 1.20. The van der Waals surface area contributed by atoms with E-state index >= 15 is 0 Å². The maximum Gasteiger partial charge on any atom is 0.320 e. The predicted octanol–water partition coefficient (Wildman–Crippen LogP) is 1.71. The Labute approximate surface area is 154 Å². The lowest BCUT2D eigenvalue weighted by molar-refractivity contribution is -0.00722. The predicted molar refractivity (Wildman–Crippen MR) is 97.2 cm³/mol. The molecule has 0 aliphatic carbocycles. The average molecular weight is 357 g/mol. The van der Waals surface area contributed by atoms with E-state index in [1.165, 1.54) is 12.8 Å². The van der Waals surface area contributed by atoms with E-state index in [1.807, 2.05) is 17.0 Å². The minimum Gasteiger partial charge on any atom is -0.508 e. The summed E-state index contributed by atoms with van der Waals surface area (Å²) >= 11 is 0. The van der Waals surface area contributed by atoms with Gasteiger partial charge in [-0.25, -0.2) is 4.79 Å². The first-order valence-corrected chi connectivity index (χ1v) is 9.88. The van der Waals surface area contributed by atoms with Crippen molar-refractivity contribution < 1.29 is 14.6 Å². The molecule has 5 saturated heterocycles. The second-order valence-electron chi connectivity index (χ2n) is 8.09. The molecular weight excluding hydrogens is 330 g/mol. The fourth-order valence-electron chi connectivity index (χ4n) is 5.63. The van der Waals surface area contributed by atoms with Crippen LogP contribution in [0.4, 0.5) is 4.79 Å². The number of carbonyl (C=O) groups is 1. The lowest BCUT2D eigenvalue weighted by Gasteiger charge is -2.51. The van der Waals surface area contributed by atoms with Crippen molar-refractivity contribution >= 4 is 6.03 Å². The Morgan fingerprint density at radius 2 is 1.85 bits per heavy atom. The number of urea groups is 1. The lowest BCUT2D eigenvalue weighted by Crippen LogP contribution is -2.62. The number of rotatable bonds is 1. The number of benzene rings is 1. The molecular formula is C20H27N3O3. The zero-order valence-electron chi connectivity index (χ0n) is 15.1. The van der Waals surface area contributed by atoms with Gasteiger partial charge in [0.05, 0.1) is 19.3 Å². The third-order valence-electron chi connectivity index (χ3n) is 6.82. The Kier molecular flexibility index (Phi) is 4.05. The summed E-state index contributed by atoms with van der Waals surface area (Å²) in [4.78, 5) is 20.0. The Hall–Kier alpha value is -1.79. The van der Waals surface area contributed by atoms with Crippen LogP contribution in [0.3, 0.4) is 0 Å². The monoisotopic (exact) mass is 357 g/mol. The molecule has 5 fully saturated rings. The van der Waals surface area contributed by atoms with Gasteiger partial charge in [0.15, 0.2) is 0 Å². The molecule has 3 atom stereocenters. The quantitative estimate of drug-likeness (QED) is 0.831. The van der Waals surface area contributed by atoms with Crippen LogP contribution >= 0.6 is 0 Å². The van der Waals surface area contributed by atoms with Crippen LogP contribution in [0.5, 0.6) is 5.75 Å². The Balaban J connectivity index is 1.47. The highest BCUT2D eigenvalue weighted by atomic mass is 16.5. The first-order chi connectivity index (χ1) is 12.7. The molecule has 0 aromatic heterocycles. The number of phenolic OH excluding ortho intramolecular Hbond substituents is 1. The van der Waals surface area contributed by atoms with Gasteiger partial charge in [-0.1, -0.05) is 12.1 Å². The summed E-state index contributed by atoms with van der Waals surface area (Å²) in [6, 6.07) is 8.50. The highest BCUT2D eigenvalue weighted by Crippen LogP contribution is 2.47. The number of morpholine rings is 1. The molecule has 0 spiro atoms.